The van der Waals surface area contributed by atoms with Gasteiger partial charge in [0.2, 0.25) is 0 Å². The Morgan fingerprint density at radius 1 is 1.04 bits per heavy atom. The second-order valence-corrected chi connectivity index (χ2v) is 7.60. The molecule has 3 N–H and O–H groups in total. The molecule has 5 nitrogen and oxygen atoms in total. The summed E-state index contributed by atoms with van der Waals surface area (Å²) in [6.45, 7) is 7.69. The highest BCUT2D eigenvalue weighted by molar-refractivity contribution is 6.05. The quantitative estimate of drug-likeness (QED) is 0.859. The monoisotopic (exact) mass is 354 g/mol. The second kappa shape index (κ2) is 7.09. The van der Waals surface area contributed by atoms with Crippen LogP contribution < -0.4 is 11.1 Å². The smallest absolute Gasteiger partial charge is 0.251 e. The molecule has 1 saturated heterocycles. The summed E-state index contributed by atoms with van der Waals surface area (Å²) in [5.74, 6) is -1.00. The van der Waals surface area contributed by atoms with Gasteiger partial charge in [0.05, 0.1) is 18.8 Å². The van der Waals surface area contributed by atoms with Crippen molar-refractivity contribution in [2.75, 3.05) is 25.1 Å². The molecule has 0 saturated carbocycles. The Morgan fingerprint density at radius 3 is 2.31 bits per heavy atom. The number of carbonyl (C=O) groups is 1. The highest BCUT2D eigenvalue weighted by atomic mass is 16.7. The summed E-state index contributed by atoms with van der Waals surface area (Å²) in [6.07, 6.45) is 0. The van der Waals surface area contributed by atoms with E-state index in [1.807, 2.05) is 62.4 Å². The van der Waals surface area contributed by atoms with Gasteiger partial charge in [0.1, 0.15) is 0 Å². The number of ether oxygens (including phenoxy) is 2. The van der Waals surface area contributed by atoms with Gasteiger partial charge >= 0.3 is 0 Å². The zero-order chi connectivity index (χ0) is 18.8. The predicted molar refractivity (Wildman–Crippen MR) is 103 cm³/mol. The fourth-order valence-electron chi connectivity index (χ4n) is 3.01. The van der Waals surface area contributed by atoms with Crippen LogP contribution in [0.4, 0.5) is 5.69 Å². The van der Waals surface area contributed by atoms with Crippen LogP contribution in [0.1, 0.15) is 31.1 Å². The Kier molecular flexibility index (Phi) is 5.03. The van der Waals surface area contributed by atoms with Crippen molar-refractivity contribution in [3.05, 3.63) is 54.1 Å². The number of rotatable bonds is 5. The highest BCUT2D eigenvalue weighted by Crippen LogP contribution is 2.32. The van der Waals surface area contributed by atoms with E-state index < -0.39 is 11.7 Å². The van der Waals surface area contributed by atoms with Crippen LogP contribution in [0.5, 0.6) is 0 Å². The maximum absolute atomic E-state index is 12.2. The Hall–Kier alpha value is -2.37. The number of amides is 1. The Bertz CT molecular complexity index is 777. The molecular formula is C21H26N2O3. The maximum atomic E-state index is 12.2. The molecule has 0 aliphatic carbocycles. The third-order valence-corrected chi connectivity index (χ3v) is 4.64. The summed E-state index contributed by atoms with van der Waals surface area (Å²) < 4.78 is 11.6. The van der Waals surface area contributed by atoms with Gasteiger partial charge in [-0.25, -0.2) is 0 Å². The number of primary amides is 1. The predicted octanol–water partition coefficient (Wildman–Crippen LogP) is 3.65. The first-order valence-electron chi connectivity index (χ1n) is 8.80. The van der Waals surface area contributed by atoms with Crippen molar-refractivity contribution < 1.29 is 14.3 Å². The van der Waals surface area contributed by atoms with E-state index in [-0.39, 0.29) is 5.41 Å². The Balaban J connectivity index is 1.83. The van der Waals surface area contributed by atoms with Crippen LogP contribution in [0.25, 0.3) is 11.1 Å². The van der Waals surface area contributed by atoms with Crippen LogP contribution in [-0.2, 0) is 9.47 Å². The summed E-state index contributed by atoms with van der Waals surface area (Å²) in [5, 5.41) is 3.38. The van der Waals surface area contributed by atoms with Crippen LogP contribution in [0.15, 0.2) is 48.5 Å². The first kappa shape index (κ1) is 18.4. The molecule has 1 aliphatic heterocycles. The molecule has 0 spiro atoms. The lowest BCUT2D eigenvalue weighted by Crippen LogP contribution is -2.48. The average molecular weight is 354 g/mol. The van der Waals surface area contributed by atoms with Gasteiger partial charge in [-0.15, -0.1) is 0 Å². The van der Waals surface area contributed by atoms with Crippen LogP contribution in [0, 0.1) is 5.41 Å². The molecule has 2 aromatic rings. The third-order valence-electron chi connectivity index (χ3n) is 4.64. The first-order chi connectivity index (χ1) is 12.3. The fourth-order valence-corrected chi connectivity index (χ4v) is 3.01. The van der Waals surface area contributed by atoms with Crippen molar-refractivity contribution in [1.82, 2.24) is 0 Å². The van der Waals surface area contributed by atoms with Gasteiger partial charge in [-0.3, -0.25) is 4.79 Å². The van der Waals surface area contributed by atoms with Crippen LogP contribution in [0.2, 0.25) is 0 Å². The number of hydrogen-bond donors (Lipinski definition) is 2. The molecule has 138 valence electrons. The van der Waals surface area contributed by atoms with Crippen LogP contribution >= 0.6 is 0 Å². The largest absolute Gasteiger partial charge is 0.384 e. The number of hydrogen-bond acceptors (Lipinski definition) is 4. The Labute approximate surface area is 154 Å². The minimum Gasteiger partial charge on any atom is -0.384 e. The lowest BCUT2D eigenvalue weighted by atomic mass is 9.91. The van der Waals surface area contributed by atoms with Gasteiger partial charge in [0, 0.05) is 17.6 Å². The molecular weight excluding hydrogens is 328 g/mol. The summed E-state index contributed by atoms with van der Waals surface area (Å²) >= 11 is 0. The average Bonchev–Trinajstić information content (AvgIpc) is 2.63. The van der Waals surface area contributed by atoms with E-state index in [0.717, 1.165) is 16.8 Å². The molecule has 1 amide bonds. The highest BCUT2D eigenvalue weighted by Gasteiger charge is 2.36. The topological polar surface area (TPSA) is 73.6 Å². The summed E-state index contributed by atoms with van der Waals surface area (Å²) in [5.41, 5.74) is 8.53. The molecule has 1 aliphatic rings. The van der Waals surface area contributed by atoms with Crippen molar-refractivity contribution in [3.8, 4) is 11.1 Å². The van der Waals surface area contributed by atoms with Crippen molar-refractivity contribution >= 4 is 11.6 Å². The SMILES string of the molecule is CC1(CNc2cccc(-c3ccccc3)c2C(N)=O)COC(C)(C)OC1. The standard InChI is InChI=1S/C21H26N2O3/c1-20(2)25-13-21(3,14-26-20)12-23-17-11-7-10-16(18(17)19(22)24)15-8-5-4-6-9-15/h4-11,23H,12-14H2,1-3H3,(H2,22,24). The van der Waals surface area contributed by atoms with E-state index >= 15 is 0 Å². The van der Waals surface area contributed by atoms with Gasteiger partial charge in [0.15, 0.2) is 5.79 Å². The lowest BCUT2D eigenvalue weighted by Gasteiger charge is -2.41. The number of nitrogens with one attached hydrogen (secondary N) is 1. The van der Waals surface area contributed by atoms with E-state index in [4.69, 9.17) is 15.2 Å². The van der Waals surface area contributed by atoms with Gasteiger partial charge in [-0.1, -0.05) is 49.4 Å². The minimum absolute atomic E-state index is 0.187. The molecule has 0 aromatic heterocycles. The molecule has 0 bridgehead atoms. The van der Waals surface area contributed by atoms with Crippen LogP contribution in [-0.4, -0.2) is 31.5 Å². The molecule has 3 rings (SSSR count). The van der Waals surface area contributed by atoms with Crippen molar-refractivity contribution in [3.63, 3.8) is 0 Å². The van der Waals surface area contributed by atoms with E-state index in [2.05, 4.69) is 12.2 Å². The zero-order valence-electron chi connectivity index (χ0n) is 15.5. The summed E-state index contributed by atoms with van der Waals surface area (Å²) in [4.78, 5) is 12.2. The zero-order valence-corrected chi connectivity index (χ0v) is 15.5. The van der Waals surface area contributed by atoms with E-state index in [1.165, 1.54) is 0 Å². The molecule has 26 heavy (non-hydrogen) atoms. The van der Waals surface area contributed by atoms with Crippen molar-refractivity contribution in [1.29, 1.82) is 0 Å². The number of anilines is 1. The summed E-state index contributed by atoms with van der Waals surface area (Å²) in [7, 11) is 0. The number of benzene rings is 2. The van der Waals surface area contributed by atoms with Gasteiger partial charge in [0.25, 0.3) is 5.91 Å². The molecule has 0 radical (unpaired) electrons. The van der Waals surface area contributed by atoms with Crippen LogP contribution in [0.3, 0.4) is 0 Å². The number of carbonyl (C=O) groups excluding carboxylic acids is 1. The third kappa shape index (κ3) is 4.06. The molecule has 2 aromatic carbocycles. The van der Waals surface area contributed by atoms with Crippen molar-refractivity contribution in [2.24, 2.45) is 11.1 Å². The fraction of sp³-hybridized carbons (Fsp3) is 0.381. The molecule has 0 unspecified atom stereocenters. The summed E-state index contributed by atoms with van der Waals surface area (Å²) in [6, 6.07) is 15.5. The molecule has 5 heteroatoms. The van der Waals surface area contributed by atoms with E-state index in [1.54, 1.807) is 0 Å². The van der Waals surface area contributed by atoms with Gasteiger partial charge < -0.3 is 20.5 Å². The molecule has 0 atom stereocenters. The normalized spacial score (nSPS) is 18.3. The van der Waals surface area contributed by atoms with E-state index in [0.29, 0.717) is 25.3 Å². The van der Waals surface area contributed by atoms with Crippen molar-refractivity contribution in [2.45, 2.75) is 26.6 Å². The maximum Gasteiger partial charge on any atom is 0.251 e. The molecule has 1 fully saturated rings. The lowest BCUT2D eigenvalue weighted by molar-refractivity contribution is -0.279. The van der Waals surface area contributed by atoms with Gasteiger partial charge in [-0.2, -0.15) is 0 Å². The second-order valence-electron chi connectivity index (χ2n) is 7.60. The minimum atomic E-state index is -0.550. The van der Waals surface area contributed by atoms with E-state index in [9.17, 15) is 4.79 Å². The molecule has 1 heterocycles. The number of nitrogens with two attached hydrogens (primary N) is 1. The van der Waals surface area contributed by atoms with Gasteiger partial charge in [-0.05, 0) is 31.0 Å². The first-order valence-corrected chi connectivity index (χ1v) is 8.80. The Morgan fingerprint density at radius 2 is 1.69 bits per heavy atom.